The lowest BCUT2D eigenvalue weighted by molar-refractivity contribution is -0.0231. The number of fused-ring (bicyclic) bond motifs is 1. The van der Waals surface area contributed by atoms with Crippen LogP contribution < -0.4 is 0 Å². The Kier molecular flexibility index (Phi) is 3.82. The molecule has 0 N–H and O–H groups in total. The zero-order valence-electron chi connectivity index (χ0n) is 13.7. The van der Waals surface area contributed by atoms with Gasteiger partial charge in [-0.05, 0) is 17.7 Å². The predicted molar refractivity (Wildman–Crippen MR) is 94.0 cm³/mol. The third-order valence-electron chi connectivity index (χ3n) is 4.70. The summed E-state index contributed by atoms with van der Waals surface area (Å²) in [7, 11) is 1.95. The van der Waals surface area contributed by atoms with Crippen molar-refractivity contribution >= 4 is 16.8 Å². The highest BCUT2D eigenvalue weighted by molar-refractivity contribution is 5.98. The summed E-state index contributed by atoms with van der Waals surface area (Å²) in [5.74, 6) is 0.0675. The van der Waals surface area contributed by atoms with E-state index in [2.05, 4.69) is 12.1 Å². The lowest BCUT2D eigenvalue weighted by Gasteiger charge is -2.33. The van der Waals surface area contributed by atoms with Gasteiger partial charge in [-0.25, -0.2) is 0 Å². The van der Waals surface area contributed by atoms with Crippen molar-refractivity contribution in [2.45, 2.75) is 6.10 Å². The number of rotatable bonds is 2. The topological polar surface area (TPSA) is 34.5 Å². The van der Waals surface area contributed by atoms with E-state index in [0.29, 0.717) is 19.7 Å². The smallest absolute Gasteiger partial charge is 0.270 e. The van der Waals surface area contributed by atoms with Crippen molar-refractivity contribution in [3.63, 3.8) is 0 Å². The van der Waals surface area contributed by atoms with Crippen molar-refractivity contribution in [3.8, 4) is 0 Å². The fourth-order valence-corrected chi connectivity index (χ4v) is 3.36. The van der Waals surface area contributed by atoms with Crippen LogP contribution in [0.3, 0.4) is 0 Å². The fourth-order valence-electron chi connectivity index (χ4n) is 3.36. The summed E-state index contributed by atoms with van der Waals surface area (Å²) >= 11 is 0. The highest BCUT2D eigenvalue weighted by Gasteiger charge is 2.27. The highest BCUT2D eigenvalue weighted by Crippen LogP contribution is 2.25. The number of carbonyl (C=O) groups excluding carboxylic acids is 1. The van der Waals surface area contributed by atoms with Gasteiger partial charge in [0, 0.05) is 24.5 Å². The summed E-state index contributed by atoms with van der Waals surface area (Å²) in [5.41, 5.74) is 2.92. The van der Waals surface area contributed by atoms with E-state index >= 15 is 0 Å². The maximum atomic E-state index is 13.0. The van der Waals surface area contributed by atoms with Gasteiger partial charge in [0.1, 0.15) is 11.8 Å². The van der Waals surface area contributed by atoms with E-state index in [9.17, 15) is 4.79 Å². The van der Waals surface area contributed by atoms with Crippen molar-refractivity contribution in [1.82, 2.24) is 9.47 Å². The third-order valence-corrected chi connectivity index (χ3v) is 4.70. The van der Waals surface area contributed by atoms with Crippen molar-refractivity contribution < 1.29 is 9.53 Å². The number of benzene rings is 2. The number of ether oxygens (including phenoxy) is 1. The molecule has 0 bridgehead atoms. The molecule has 0 unspecified atom stereocenters. The highest BCUT2D eigenvalue weighted by atomic mass is 16.5. The van der Waals surface area contributed by atoms with Crippen LogP contribution in [-0.4, -0.2) is 35.1 Å². The maximum absolute atomic E-state index is 13.0. The average molecular weight is 320 g/mol. The first-order valence-electron chi connectivity index (χ1n) is 8.24. The van der Waals surface area contributed by atoms with E-state index in [0.717, 1.165) is 22.2 Å². The number of aryl methyl sites for hydroxylation is 1. The molecule has 4 heteroatoms. The van der Waals surface area contributed by atoms with Gasteiger partial charge in [0.2, 0.25) is 0 Å². The minimum Gasteiger partial charge on any atom is -0.370 e. The van der Waals surface area contributed by atoms with Crippen molar-refractivity contribution in [2.75, 3.05) is 19.7 Å². The van der Waals surface area contributed by atoms with Crippen LogP contribution in [0.25, 0.3) is 10.9 Å². The maximum Gasteiger partial charge on any atom is 0.270 e. The van der Waals surface area contributed by atoms with Crippen LogP contribution in [0.15, 0.2) is 60.7 Å². The summed E-state index contributed by atoms with van der Waals surface area (Å²) < 4.78 is 7.85. The van der Waals surface area contributed by atoms with E-state index in [1.807, 2.05) is 65.0 Å². The van der Waals surface area contributed by atoms with Gasteiger partial charge < -0.3 is 14.2 Å². The van der Waals surface area contributed by atoms with Crippen molar-refractivity contribution in [3.05, 3.63) is 71.9 Å². The molecule has 0 aliphatic carbocycles. The zero-order chi connectivity index (χ0) is 16.5. The first kappa shape index (κ1) is 15.0. The Hall–Kier alpha value is -2.59. The Labute approximate surface area is 141 Å². The molecule has 3 aromatic rings. The number of morpholine rings is 1. The molecule has 1 saturated heterocycles. The first-order chi connectivity index (χ1) is 11.7. The van der Waals surface area contributed by atoms with Gasteiger partial charge >= 0.3 is 0 Å². The number of hydrogen-bond donors (Lipinski definition) is 0. The van der Waals surface area contributed by atoms with Crippen molar-refractivity contribution in [2.24, 2.45) is 7.05 Å². The number of para-hydroxylation sites is 1. The van der Waals surface area contributed by atoms with Crippen LogP contribution in [0.5, 0.6) is 0 Å². The predicted octanol–water partition coefficient (Wildman–Crippen LogP) is 3.39. The molecule has 1 atom stereocenters. The molecule has 2 aromatic carbocycles. The van der Waals surface area contributed by atoms with Gasteiger partial charge in [-0.2, -0.15) is 0 Å². The Balaban J connectivity index is 1.60. The molecular formula is C20H20N2O2. The second kappa shape index (κ2) is 6.13. The second-order valence-corrected chi connectivity index (χ2v) is 6.17. The average Bonchev–Trinajstić information content (AvgIpc) is 2.99. The standard InChI is InChI=1S/C20H20N2O2/c1-21-17-10-6-5-9-16(17)13-18(21)20(23)22-11-12-24-19(14-22)15-7-3-2-4-8-15/h2-10,13,19H,11-12,14H2,1H3/t19-/m1/s1. The van der Waals surface area contributed by atoms with Crippen molar-refractivity contribution in [1.29, 1.82) is 0 Å². The van der Waals surface area contributed by atoms with E-state index in [4.69, 9.17) is 4.74 Å². The molecule has 24 heavy (non-hydrogen) atoms. The monoisotopic (exact) mass is 320 g/mol. The second-order valence-electron chi connectivity index (χ2n) is 6.17. The van der Waals surface area contributed by atoms with Crippen LogP contribution >= 0.6 is 0 Å². The summed E-state index contributed by atoms with van der Waals surface area (Å²) in [6.07, 6.45) is -0.0569. The molecule has 1 amide bonds. The quantitative estimate of drug-likeness (QED) is 0.725. The van der Waals surface area contributed by atoms with E-state index in [1.165, 1.54) is 0 Å². The molecule has 4 rings (SSSR count). The van der Waals surface area contributed by atoms with E-state index < -0.39 is 0 Å². The largest absolute Gasteiger partial charge is 0.370 e. The number of nitrogens with zero attached hydrogens (tertiary/aromatic N) is 2. The first-order valence-corrected chi connectivity index (χ1v) is 8.24. The van der Waals surface area contributed by atoms with Gasteiger partial charge in [0.05, 0.1) is 13.2 Å². The number of hydrogen-bond acceptors (Lipinski definition) is 2. The van der Waals surface area contributed by atoms with Crippen LogP contribution in [0, 0.1) is 0 Å². The van der Waals surface area contributed by atoms with Crippen LogP contribution in [0.1, 0.15) is 22.2 Å². The SMILES string of the molecule is Cn1c(C(=O)N2CCO[C@@H](c3ccccc3)C2)cc2ccccc21. The lowest BCUT2D eigenvalue weighted by Crippen LogP contribution is -2.42. The Bertz CT molecular complexity index is 870. The Morgan fingerprint density at radius 1 is 1.08 bits per heavy atom. The summed E-state index contributed by atoms with van der Waals surface area (Å²) in [4.78, 5) is 14.9. The Morgan fingerprint density at radius 2 is 1.83 bits per heavy atom. The molecule has 0 saturated carbocycles. The molecule has 122 valence electrons. The minimum atomic E-state index is -0.0569. The molecular weight excluding hydrogens is 300 g/mol. The Morgan fingerprint density at radius 3 is 2.62 bits per heavy atom. The lowest BCUT2D eigenvalue weighted by atomic mass is 10.1. The molecule has 1 aliphatic rings. The van der Waals surface area contributed by atoms with Gasteiger partial charge in [-0.3, -0.25) is 4.79 Å². The molecule has 2 heterocycles. The van der Waals surface area contributed by atoms with E-state index in [1.54, 1.807) is 0 Å². The van der Waals surface area contributed by atoms with Crippen LogP contribution in [0.2, 0.25) is 0 Å². The number of amides is 1. The van der Waals surface area contributed by atoms with Crippen LogP contribution in [-0.2, 0) is 11.8 Å². The van der Waals surface area contributed by atoms with E-state index in [-0.39, 0.29) is 12.0 Å². The number of carbonyl (C=O) groups is 1. The summed E-state index contributed by atoms with van der Waals surface area (Å²) in [6.45, 7) is 1.78. The van der Waals surface area contributed by atoms with Crippen LogP contribution in [0.4, 0.5) is 0 Å². The summed E-state index contributed by atoms with van der Waals surface area (Å²) in [5, 5.41) is 1.09. The third kappa shape index (κ3) is 2.59. The van der Waals surface area contributed by atoms with Gasteiger partial charge in [0.25, 0.3) is 5.91 Å². The molecule has 4 nitrogen and oxygen atoms in total. The molecule has 0 spiro atoms. The normalized spacial score (nSPS) is 18.0. The summed E-state index contributed by atoms with van der Waals surface area (Å²) in [6, 6.07) is 20.1. The molecule has 1 fully saturated rings. The molecule has 1 aliphatic heterocycles. The van der Waals surface area contributed by atoms with Gasteiger partial charge in [-0.1, -0.05) is 48.5 Å². The number of aromatic nitrogens is 1. The molecule has 1 aromatic heterocycles. The fraction of sp³-hybridized carbons (Fsp3) is 0.250. The van der Waals surface area contributed by atoms with Gasteiger partial charge in [-0.15, -0.1) is 0 Å². The zero-order valence-corrected chi connectivity index (χ0v) is 13.7. The minimum absolute atomic E-state index is 0.0569. The van der Waals surface area contributed by atoms with Gasteiger partial charge in [0.15, 0.2) is 0 Å². The molecule has 0 radical (unpaired) electrons.